The van der Waals surface area contributed by atoms with Gasteiger partial charge in [-0.1, -0.05) is 31.6 Å². The van der Waals surface area contributed by atoms with Gasteiger partial charge in [0.05, 0.1) is 0 Å². The third kappa shape index (κ3) is 4.15. The number of hydrogen-bond donors (Lipinski definition) is 0. The van der Waals surface area contributed by atoms with Crippen LogP contribution in [-0.2, 0) is 16.6 Å². The van der Waals surface area contributed by atoms with Crippen LogP contribution in [0.3, 0.4) is 0 Å². The Labute approximate surface area is 164 Å². The molecule has 1 aromatic rings. The van der Waals surface area contributed by atoms with E-state index in [1.807, 2.05) is 6.07 Å². The minimum absolute atomic E-state index is 0. The fourth-order valence-electron chi connectivity index (χ4n) is 4.75. The average Bonchev–Trinajstić information content (AvgIpc) is 2.53. The Morgan fingerprint density at radius 3 is 2.69 bits per heavy atom. The van der Waals surface area contributed by atoms with Crippen molar-refractivity contribution in [1.29, 1.82) is 0 Å². The molecule has 2 atom stereocenters. The topological polar surface area (TPSA) is 29.5 Å². The molecule has 1 aliphatic heterocycles. The maximum atomic E-state index is 11.3. The zero-order valence-electron chi connectivity index (χ0n) is 16.7. The molecule has 3 rings (SSSR count). The number of fused-ring (bicyclic) bond motifs is 2. The molecule has 2 aliphatic rings. The van der Waals surface area contributed by atoms with Crippen LogP contribution in [0.5, 0.6) is 5.75 Å². The Morgan fingerprint density at radius 1 is 1.31 bits per heavy atom. The van der Waals surface area contributed by atoms with E-state index in [0.717, 1.165) is 13.0 Å². The number of nitrogens with zero attached hydrogens (tertiary/aromatic N) is 1. The number of piperidine rings is 1. The smallest absolute Gasteiger partial charge is 0.308 e. The average molecular weight is 378 g/mol. The fourth-order valence-corrected chi connectivity index (χ4v) is 4.75. The summed E-state index contributed by atoms with van der Waals surface area (Å²) in [5.41, 5.74) is 4.25. The Hall–Kier alpha value is -1.32. The summed E-state index contributed by atoms with van der Waals surface area (Å²) < 4.78 is 5.34. The number of rotatable bonds is 3. The second-order valence-corrected chi connectivity index (χ2v) is 8.43. The van der Waals surface area contributed by atoms with E-state index in [2.05, 4.69) is 50.8 Å². The molecule has 4 heteroatoms. The lowest BCUT2D eigenvalue weighted by Gasteiger charge is -2.52. The zero-order chi connectivity index (χ0) is 18.2. The van der Waals surface area contributed by atoms with E-state index in [1.165, 1.54) is 43.0 Å². The molecule has 1 fully saturated rings. The molecule has 0 radical (unpaired) electrons. The highest BCUT2D eigenvalue weighted by Gasteiger charge is 2.45. The van der Waals surface area contributed by atoms with Crippen molar-refractivity contribution in [3.8, 4) is 5.75 Å². The minimum Gasteiger partial charge on any atom is -0.427 e. The van der Waals surface area contributed by atoms with Gasteiger partial charge >= 0.3 is 5.97 Å². The highest BCUT2D eigenvalue weighted by molar-refractivity contribution is 5.85. The summed E-state index contributed by atoms with van der Waals surface area (Å²) in [6, 6.07) is 6.81. The number of ether oxygens (including phenoxy) is 1. The first kappa shape index (κ1) is 21.0. The van der Waals surface area contributed by atoms with Crippen LogP contribution in [0, 0.1) is 5.92 Å². The molecular formula is C22H32ClNO2. The van der Waals surface area contributed by atoms with Crippen molar-refractivity contribution in [3.05, 3.63) is 41.0 Å². The zero-order valence-corrected chi connectivity index (χ0v) is 17.5. The summed E-state index contributed by atoms with van der Waals surface area (Å²) >= 11 is 0. The highest BCUT2D eigenvalue weighted by atomic mass is 35.5. The molecule has 0 aromatic heterocycles. The van der Waals surface area contributed by atoms with Gasteiger partial charge in [0.1, 0.15) is 5.75 Å². The van der Waals surface area contributed by atoms with Gasteiger partial charge in [-0.2, -0.15) is 0 Å². The molecule has 0 N–H and O–H groups in total. The predicted octanol–water partition coefficient (Wildman–Crippen LogP) is 4.91. The van der Waals surface area contributed by atoms with Crippen molar-refractivity contribution in [3.63, 3.8) is 0 Å². The quantitative estimate of drug-likeness (QED) is 0.425. The number of carbonyl (C=O) groups excluding carboxylic acids is 1. The lowest BCUT2D eigenvalue weighted by Crippen LogP contribution is -2.55. The van der Waals surface area contributed by atoms with E-state index in [-0.39, 0.29) is 23.8 Å². The molecule has 3 nitrogen and oxygen atoms in total. The molecule has 0 spiro atoms. The molecule has 0 amide bonds. The van der Waals surface area contributed by atoms with Gasteiger partial charge in [0, 0.05) is 19.5 Å². The summed E-state index contributed by atoms with van der Waals surface area (Å²) in [6.07, 6.45) is 6.00. The van der Waals surface area contributed by atoms with Crippen LogP contribution >= 0.6 is 12.4 Å². The van der Waals surface area contributed by atoms with Gasteiger partial charge in [-0.15, -0.1) is 12.4 Å². The number of benzene rings is 1. The van der Waals surface area contributed by atoms with Crippen LogP contribution in [0.25, 0.3) is 0 Å². The van der Waals surface area contributed by atoms with E-state index in [9.17, 15) is 4.79 Å². The van der Waals surface area contributed by atoms with Crippen molar-refractivity contribution >= 4 is 18.4 Å². The van der Waals surface area contributed by atoms with Crippen LogP contribution in [-0.4, -0.2) is 30.0 Å². The minimum atomic E-state index is -0.253. The number of carbonyl (C=O) groups is 1. The Kier molecular flexibility index (Phi) is 6.57. The molecule has 0 unspecified atom stereocenters. The van der Waals surface area contributed by atoms with Crippen LogP contribution in [0.4, 0.5) is 0 Å². The Morgan fingerprint density at radius 2 is 2.04 bits per heavy atom. The standard InChI is InChI=1S/C22H31NO2.ClH/c1-15(2)10-12-23-11-6-7-19-21(23)13-17-8-9-18(25-16(3)24)14-20(17)22(19,4)5;/h8-10,14,19,21H,6-7,11-13H2,1-5H3;1H/t19-,21-;/m1./s1. The maximum Gasteiger partial charge on any atom is 0.308 e. The molecule has 26 heavy (non-hydrogen) atoms. The summed E-state index contributed by atoms with van der Waals surface area (Å²) in [7, 11) is 0. The largest absolute Gasteiger partial charge is 0.427 e. The Bertz CT molecular complexity index is 691. The number of esters is 1. The molecule has 1 heterocycles. The first-order valence-electron chi connectivity index (χ1n) is 9.48. The maximum absolute atomic E-state index is 11.3. The van der Waals surface area contributed by atoms with Gasteiger partial charge in [-0.25, -0.2) is 0 Å². The van der Waals surface area contributed by atoms with Crippen LogP contribution in [0.15, 0.2) is 29.8 Å². The number of likely N-dealkylation sites (tertiary alicyclic amines) is 1. The summed E-state index contributed by atoms with van der Waals surface area (Å²) in [5, 5.41) is 0. The van der Waals surface area contributed by atoms with Gasteiger partial charge in [0.25, 0.3) is 0 Å². The van der Waals surface area contributed by atoms with E-state index < -0.39 is 0 Å². The highest BCUT2D eigenvalue weighted by Crippen LogP contribution is 2.47. The van der Waals surface area contributed by atoms with Crippen molar-refractivity contribution in [2.75, 3.05) is 13.1 Å². The normalized spacial score (nSPS) is 23.9. The molecule has 0 saturated carbocycles. The molecule has 144 valence electrons. The second-order valence-electron chi connectivity index (χ2n) is 8.43. The molecule has 1 aromatic carbocycles. The lowest BCUT2D eigenvalue weighted by atomic mass is 9.60. The van der Waals surface area contributed by atoms with Gasteiger partial charge in [0.15, 0.2) is 0 Å². The molecule has 0 bridgehead atoms. The third-order valence-corrected chi connectivity index (χ3v) is 6.02. The monoisotopic (exact) mass is 377 g/mol. The number of allylic oxidation sites excluding steroid dienone is 1. The predicted molar refractivity (Wildman–Crippen MR) is 109 cm³/mol. The first-order valence-corrected chi connectivity index (χ1v) is 9.48. The second kappa shape index (κ2) is 8.14. The van der Waals surface area contributed by atoms with E-state index >= 15 is 0 Å². The van der Waals surface area contributed by atoms with Crippen molar-refractivity contribution < 1.29 is 9.53 Å². The third-order valence-electron chi connectivity index (χ3n) is 6.02. The number of halogens is 1. The van der Waals surface area contributed by atoms with Crippen molar-refractivity contribution in [2.45, 2.75) is 65.3 Å². The SMILES string of the molecule is CC(=O)Oc1ccc2c(c1)C(C)(C)[C@@H]1CCCN(CC=C(C)C)[C@@H]1C2.Cl. The summed E-state index contributed by atoms with van der Waals surface area (Å²) in [6.45, 7) is 12.8. The van der Waals surface area contributed by atoms with Crippen LogP contribution in [0.2, 0.25) is 0 Å². The van der Waals surface area contributed by atoms with Gasteiger partial charge in [-0.05, 0) is 74.2 Å². The molecular weight excluding hydrogens is 346 g/mol. The number of hydrogen-bond acceptors (Lipinski definition) is 3. The van der Waals surface area contributed by atoms with E-state index in [4.69, 9.17) is 4.74 Å². The van der Waals surface area contributed by atoms with Crippen LogP contribution < -0.4 is 4.74 Å². The van der Waals surface area contributed by atoms with Gasteiger partial charge in [0.2, 0.25) is 0 Å². The van der Waals surface area contributed by atoms with Crippen molar-refractivity contribution in [1.82, 2.24) is 4.90 Å². The first-order chi connectivity index (χ1) is 11.8. The van der Waals surface area contributed by atoms with Gasteiger partial charge < -0.3 is 4.74 Å². The Balaban J connectivity index is 0.00000243. The van der Waals surface area contributed by atoms with E-state index in [1.54, 1.807) is 0 Å². The lowest BCUT2D eigenvalue weighted by molar-refractivity contribution is -0.131. The molecule has 1 aliphatic carbocycles. The van der Waals surface area contributed by atoms with Crippen LogP contribution in [0.1, 0.15) is 58.6 Å². The molecule has 1 saturated heterocycles. The van der Waals surface area contributed by atoms with E-state index in [0.29, 0.717) is 17.7 Å². The fraction of sp³-hybridized carbons (Fsp3) is 0.591. The van der Waals surface area contributed by atoms with Gasteiger partial charge in [-0.3, -0.25) is 9.69 Å². The van der Waals surface area contributed by atoms with Crippen molar-refractivity contribution in [2.24, 2.45) is 5.92 Å². The summed E-state index contributed by atoms with van der Waals surface area (Å²) in [4.78, 5) is 14.0. The summed E-state index contributed by atoms with van der Waals surface area (Å²) in [5.74, 6) is 1.07.